The number of carbonyl (C=O) groups excluding carboxylic acids is 1. The number of H-pyrrole nitrogens is 1. The van der Waals surface area contributed by atoms with E-state index >= 15 is 0 Å². The van der Waals surface area contributed by atoms with Crippen LogP contribution in [0.25, 0.3) is 10.9 Å². The molecule has 0 aliphatic heterocycles. The summed E-state index contributed by atoms with van der Waals surface area (Å²) in [5.41, 5.74) is 6.16. The molecule has 1 N–H and O–H groups in total. The second-order valence-electron chi connectivity index (χ2n) is 6.70. The highest BCUT2D eigenvalue weighted by molar-refractivity contribution is 6.02. The predicted molar refractivity (Wildman–Crippen MR) is 102 cm³/mol. The van der Waals surface area contributed by atoms with Crippen molar-refractivity contribution in [1.82, 2.24) is 14.9 Å². The Bertz CT molecular complexity index is 912. The number of benzene rings is 1. The lowest BCUT2D eigenvalue weighted by molar-refractivity contribution is 0.0720. The molecule has 0 aliphatic rings. The number of carbonyl (C=O) groups is 1. The van der Waals surface area contributed by atoms with E-state index in [1.54, 1.807) is 6.20 Å². The number of rotatable bonds is 4. The van der Waals surface area contributed by atoms with Crippen LogP contribution < -0.4 is 0 Å². The number of nitrogens with one attached hydrogen (secondary N) is 1. The Hall–Kier alpha value is -2.62. The summed E-state index contributed by atoms with van der Waals surface area (Å²) < 4.78 is 0. The Morgan fingerprint density at radius 3 is 2.52 bits per heavy atom. The molecule has 2 aromatic heterocycles. The van der Waals surface area contributed by atoms with Gasteiger partial charge in [0.05, 0.1) is 6.04 Å². The lowest BCUT2D eigenvalue weighted by Crippen LogP contribution is -2.31. The quantitative estimate of drug-likeness (QED) is 0.750. The van der Waals surface area contributed by atoms with Crippen LogP contribution in [0.1, 0.15) is 52.1 Å². The molecular weight excluding hydrogens is 310 g/mol. The Morgan fingerprint density at radius 2 is 1.92 bits per heavy atom. The summed E-state index contributed by atoms with van der Waals surface area (Å²) in [6, 6.07) is 8.15. The van der Waals surface area contributed by atoms with E-state index in [9.17, 15) is 4.79 Å². The van der Waals surface area contributed by atoms with Gasteiger partial charge in [-0.15, -0.1) is 0 Å². The number of aryl methyl sites for hydroxylation is 3. The summed E-state index contributed by atoms with van der Waals surface area (Å²) in [4.78, 5) is 22.6. The zero-order valence-corrected chi connectivity index (χ0v) is 15.6. The average molecular weight is 335 g/mol. The number of pyridine rings is 1. The van der Waals surface area contributed by atoms with Crippen LogP contribution in [0.15, 0.2) is 36.7 Å². The smallest absolute Gasteiger partial charge is 0.270 e. The van der Waals surface area contributed by atoms with Crippen molar-refractivity contribution in [3.63, 3.8) is 0 Å². The first kappa shape index (κ1) is 17.2. The van der Waals surface area contributed by atoms with Gasteiger partial charge in [-0.1, -0.05) is 25.1 Å². The standard InChI is InChI=1S/C21H25N3O/c1-6-17(16-8-7-11-22-12-16)24(5)21(25)20-15(4)18-13(2)9-10-14(3)19(18)23-20/h7-12,17,23H,6H2,1-5H3. The molecular formula is C21H25N3O. The molecule has 1 amide bonds. The highest BCUT2D eigenvalue weighted by Crippen LogP contribution is 2.30. The summed E-state index contributed by atoms with van der Waals surface area (Å²) in [6.45, 7) is 8.27. The van der Waals surface area contributed by atoms with Crippen LogP contribution >= 0.6 is 0 Å². The number of fused-ring (bicyclic) bond motifs is 1. The van der Waals surface area contributed by atoms with Crippen molar-refractivity contribution in [3.8, 4) is 0 Å². The molecule has 25 heavy (non-hydrogen) atoms. The molecule has 2 heterocycles. The SMILES string of the molecule is CCC(c1cccnc1)N(C)C(=O)c1[nH]c2c(C)ccc(C)c2c1C. The van der Waals surface area contributed by atoms with Crippen molar-refractivity contribution < 1.29 is 4.79 Å². The van der Waals surface area contributed by atoms with Crippen molar-refractivity contribution in [2.24, 2.45) is 0 Å². The third kappa shape index (κ3) is 2.93. The number of aromatic nitrogens is 2. The summed E-state index contributed by atoms with van der Waals surface area (Å²) >= 11 is 0. The zero-order valence-electron chi connectivity index (χ0n) is 15.6. The van der Waals surface area contributed by atoms with Crippen LogP contribution in [0.2, 0.25) is 0 Å². The molecule has 4 nitrogen and oxygen atoms in total. The topological polar surface area (TPSA) is 49.0 Å². The van der Waals surface area contributed by atoms with Gasteiger partial charge in [-0.3, -0.25) is 9.78 Å². The van der Waals surface area contributed by atoms with Gasteiger partial charge in [-0.25, -0.2) is 0 Å². The summed E-state index contributed by atoms with van der Waals surface area (Å²) in [5, 5.41) is 1.16. The van der Waals surface area contributed by atoms with Crippen LogP contribution in [-0.2, 0) is 0 Å². The Labute approximate surface area is 148 Å². The van der Waals surface area contributed by atoms with Gasteiger partial charge in [0.1, 0.15) is 5.69 Å². The fourth-order valence-corrected chi connectivity index (χ4v) is 3.64. The monoisotopic (exact) mass is 335 g/mol. The fraction of sp³-hybridized carbons (Fsp3) is 0.333. The van der Waals surface area contributed by atoms with Crippen LogP contribution in [-0.4, -0.2) is 27.8 Å². The molecule has 1 unspecified atom stereocenters. The van der Waals surface area contributed by atoms with Gasteiger partial charge in [0.25, 0.3) is 5.91 Å². The van der Waals surface area contributed by atoms with E-state index in [0.29, 0.717) is 5.69 Å². The third-order valence-corrected chi connectivity index (χ3v) is 5.08. The first-order valence-corrected chi connectivity index (χ1v) is 8.71. The van der Waals surface area contributed by atoms with Crippen molar-refractivity contribution in [2.75, 3.05) is 7.05 Å². The van der Waals surface area contributed by atoms with Gasteiger partial charge in [0.2, 0.25) is 0 Å². The minimum atomic E-state index is 0.00852. The minimum Gasteiger partial charge on any atom is -0.350 e. The van der Waals surface area contributed by atoms with Crippen molar-refractivity contribution in [2.45, 2.75) is 40.2 Å². The van der Waals surface area contributed by atoms with E-state index in [4.69, 9.17) is 0 Å². The molecule has 1 aromatic carbocycles. The average Bonchev–Trinajstić information content (AvgIpc) is 2.98. The van der Waals surface area contributed by atoms with E-state index in [0.717, 1.165) is 34.0 Å². The number of hydrogen-bond acceptors (Lipinski definition) is 2. The normalized spacial score (nSPS) is 12.4. The molecule has 0 spiro atoms. The molecule has 0 saturated carbocycles. The van der Waals surface area contributed by atoms with E-state index in [1.807, 2.05) is 37.2 Å². The Balaban J connectivity index is 2.03. The van der Waals surface area contributed by atoms with Crippen molar-refractivity contribution in [1.29, 1.82) is 0 Å². The maximum atomic E-state index is 13.2. The van der Waals surface area contributed by atoms with Gasteiger partial charge in [-0.05, 0) is 55.5 Å². The first-order valence-electron chi connectivity index (χ1n) is 8.71. The van der Waals surface area contributed by atoms with Gasteiger partial charge in [0.15, 0.2) is 0 Å². The number of nitrogens with zero attached hydrogens (tertiary/aromatic N) is 2. The van der Waals surface area contributed by atoms with E-state index in [1.165, 1.54) is 5.56 Å². The van der Waals surface area contributed by atoms with Gasteiger partial charge >= 0.3 is 0 Å². The number of hydrogen-bond donors (Lipinski definition) is 1. The molecule has 4 heteroatoms. The third-order valence-electron chi connectivity index (χ3n) is 5.08. The fourth-order valence-electron chi connectivity index (χ4n) is 3.64. The van der Waals surface area contributed by atoms with Crippen LogP contribution in [0, 0.1) is 20.8 Å². The van der Waals surface area contributed by atoms with Gasteiger partial charge < -0.3 is 9.88 Å². The van der Waals surface area contributed by atoms with E-state index < -0.39 is 0 Å². The molecule has 130 valence electrons. The van der Waals surface area contributed by atoms with E-state index in [2.05, 4.69) is 42.9 Å². The minimum absolute atomic E-state index is 0.00852. The molecule has 0 fully saturated rings. The number of aromatic amines is 1. The second kappa shape index (κ2) is 6.71. The van der Waals surface area contributed by atoms with Gasteiger partial charge in [0, 0.05) is 30.3 Å². The molecule has 0 aliphatic carbocycles. The van der Waals surface area contributed by atoms with Crippen molar-refractivity contribution in [3.05, 3.63) is 64.6 Å². The molecule has 3 aromatic rings. The maximum absolute atomic E-state index is 13.2. The van der Waals surface area contributed by atoms with Crippen LogP contribution in [0.4, 0.5) is 0 Å². The molecule has 3 rings (SSSR count). The molecule has 1 atom stereocenters. The van der Waals surface area contributed by atoms with Gasteiger partial charge in [-0.2, -0.15) is 0 Å². The number of amides is 1. The van der Waals surface area contributed by atoms with Crippen LogP contribution in [0.5, 0.6) is 0 Å². The largest absolute Gasteiger partial charge is 0.350 e. The molecule has 0 bridgehead atoms. The summed E-state index contributed by atoms with van der Waals surface area (Å²) in [5.74, 6) is 0.0169. The highest BCUT2D eigenvalue weighted by Gasteiger charge is 2.25. The van der Waals surface area contributed by atoms with Crippen LogP contribution in [0.3, 0.4) is 0 Å². The molecule has 0 radical (unpaired) electrons. The zero-order chi connectivity index (χ0) is 18.1. The van der Waals surface area contributed by atoms with Crippen molar-refractivity contribution >= 4 is 16.8 Å². The predicted octanol–water partition coefficient (Wildman–Crippen LogP) is 4.71. The second-order valence-corrected chi connectivity index (χ2v) is 6.70. The van der Waals surface area contributed by atoms with E-state index in [-0.39, 0.29) is 11.9 Å². The summed E-state index contributed by atoms with van der Waals surface area (Å²) in [7, 11) is 1.87. The maximum Gasteiger partial charge on any atom is 0.270 e. The Kier molecular flexibility index (Phi) is 4.62. The summed E-state index contributed by atoms with van der Waals surface area (Å²) in [6.07, 6.45) is 4.43. The first-order chi connectivity index (χ1) is 12.0. The highest BCUT2D eigenvalue weighted by atomic mass is 16.2. The lowest BCUT2D eigenvalue weighted by Gasteiger charge is -2.27. The molecule has 0 saturated heterocycles. The Morgan fingerprint density at radius 1 is 1.20 bits per heavy atom. The lowest BCUT2D eigenvalue weighted by atomic mass is 10.0.